The molecule has 0 saturated carbocycles. The van der Waals surface area contributed by atoms with E-state index in [-0.39, 0.29) is 30.9 Å². The minimum absolute atomic E-state index is 0.0476. The Bertz CT molecular complexity index is 618. The van der Waals surface area contributed by atoms with Crippen molar-refractivity contribution in [3.8, 4) is 0 Å². The Morgan fingerprint density at radius 1 is 1.21 bits per heavy atom. The summed E-state index contributed by atoms with van der Waals surface area (Å²) in [6, 6.07) is 8.00. The van der Waals surface area contributed by atoms with Crippen LogP contribution < -0.4 is 11.5 Å². The number of carbonyl (C=O) groups is 3. The first-order valence-electron chi connectivity index (χ1n) is 7.98. The van der Waals surface area contributed by atoms with Crippen LogP contribution in [0.1, 0.15) is 19.4 Å². The zero-order valence-electron chi connectivity index (χ0n) is 14.0. The van der Waals surface area contributed by atoms with Crippen LogP contribution in [0.5, 0.6) is 0 Å². The van der Waals surface area contributed by atoms with E-state index in [1.54, 1.807) is 0 Å². The van der Waals surface area contributed by atoms with Crippen LogP contribution in [0.4, 0.5) is 0 Å². The van der Waals surface area contributed by atoms with Crippen LogP contribution in [-0.2, 0) is 20.8 Å². The maximum absolute atomic E-state index is 12.5. The van der Waals surface area contributed by atoms with Crippen LogP contribution in [-0.4, -0.2) is 52.8 Å². The van der Waals surface area contributed by atoms with Crippen LogP contribution in [0, 0.1) is 5.92 Å². The third kappa shape index (κ3) is 3.91. The van der Waals surface area contributed by atoms with Gasteiger partial charge in [-0.05, 0) is 17.9 Å². The average molecular weight is 332 g/mol. The van der Waals surface area contributed by atoms with E-state index in [2.05, 4.69) is 0 Å². The minimum Gasteiger partial charge on any atom is -0.368 e. The first kappa shape index (κ1) is 17.9. The Kier molecular flexibility index (Phi) is 5.56. The van der Waals surface area contributed by atoms with E-state index in [4.69, 9.17) is 11.5 Å². The van der Waals surface area contributed by atoms with Gasteiger partial charge in [0.25, 0.3) is 0 Å². The van der Waals surface area contributed by atoms with Crippen molar-refractivity contribution in [2.24, 2.45) is 17.4 Å². The number of amides is 3. The summed E-state index contributed by atoms with van der Waals surface area (Å²) in [4.78, 5) is 39.1. The van der Waals surface area contributed by atoms with Crippen LogP contribution in [0.3, 0.4) is 0 Å². The molecular formula is C17H24N4O3. The molecule has 0 bridgehead atoms. The second-order valence-corrected chi connectivity index (χ2v) is 6.43. The first-order valence-corrected chi connectivity index (χ1v) is 7.98. The zero-order valence-corrected chi connectivity index (χ0v) is 14.0. The second kappa shape index (κ2) is 7.44. The van der Waals surface area contributed by atoms with Crippen molar-refractivity contribution in [2.45, 2.75) is 32.4 Å². The smallest absolute Gasteiger partial charge is 0.244 e. The molecule has 1 aliphatic heterocycles. The number of rotatable bonds is 6. The fraction of sp³-hybridized carbons (Fsp3) is 0.471. The summed E-state index contributed by atoms with van der Waals surface area (Å²) >= 11 is 0. The lowest BCUT2D eigenvalue weighted by molar-refractivity contribution is -0.137. The molecular weight excluding hydrogens is 308 g/mol. The van der Waals surface area contributed by atoms with Gasteiger partial charge < -0.3 is 21.3 Å². The predicted octanol–water partition coefficient (Wildman–Crippen LogP) is -0.305. The minimum atomic E-state index is -0.730. The summed E-state index contributed by atoms with van der Waals surface area (Å²) in [5.74, 6) is -1.28. The number of benzene rings is 1. The molecule has 0 radical (unpaired) electrons. The van der Waals surface area contributed by atoms with E-state index in [1.165, 1.54) is 9.80 Å². The van der Waals surface area contributed by atoms with Crippen LogP contribution >= 0.6 is 0 Å². The van der Waals surface area contributed by atoms with Gasteiger partial charge in [-0.3, -0.25) is 14.4 Å². The van der Waals surface area contributed by atoms with E-state index < -0.39 is 18.0 Å². The average Bonchev–Trinajstić information content (AvgIpc) is 2.88. The van der Waals surface area contributed by atoms with E-state index in [1.807, 2.05) is 44.2 Å². The molecule has 1 aliphatic rings. The van der Waals surface area contributed by atoms with Gasteiger partial charge in [-0.25, -0.2) is 0 Å². The van der Waals surface area contributed by atoms with Gasteiger partial charge in [0.2, 0.25) is 17.7 Å². The molecule has 4 N–H and O–H groups in total. The molecule has 0 aromatic heterocycles. The lowest BCUT2D eigenvalue weighted by Crippen LogP contribution is -2.50. The van der Waals surface area contributed by atoms with Crippen LogP contribution in [0.2, 0.25) is 0 Å². The van der Waals surface area contributed by atoms with Gasteiger partial charge in [-0.2, -0.15) is 0 Å². The maximum Gasteiger partial charge on any atom is 0.244 e. The molecule has 1 saturated heterocycles. The summed E-state index contributed by atoms with van der Waals surface area (Å²) < 4.78 is 0. The normalized spacial score (nSPS) is 17.2. The van der Waals surface area contributed by atoms with E-state index in [0.29, 0.717) is 6.42 Å². The van der Waals surface area contributed by atoms with Gasteiger partial charge in [0.05, 0.1) is 12.7 Å². The van der Waals surface area contributed by atoms with Crippen molar-refractivity contribution in [1.29, 1.82) is 0 Å². The third-order valence-electron chi connectivity index (χ3n) is 4.16. The summed E-state index contributed by atoms with van der Waals surface area (Å²) in [6.07, 6.45) is 0.397. The largest absolute Gasteiger partial charge is 0.368 e. The Morgan fingerprint density at radius 3 is 2.38 bits per heavy atom. The predicted molar refractivity (Wildman–Crippen MR) is 89.4 cm³/mol. The summed E-state index contributed by atoms with van der Waals surface area (Å²) in [6.45, 7) is 3.60. The Hall–Kier alpha value is -2.41. The van der Waals surface area contributed by atoms with Crippen molar-refractivity contribution < 1.29 is 14.4 Å². The molecule has 1 aromatic carbocycles. The monoisotopic (exact) mass is 332 g/mol. The molecule has 0 spiro atoms. The first-order chi connectivity index (χ1) is 11.3. The summed E-state index contributed by atoms with van der Waals surface area (Å²) in [5, 5.41) is 0. The third-order valence-corrected chi connectivity index (χ3v) is 4.16. The molecule has 1 fully saturated rings. The van der Waals surface area contributed by atoms with E-state index in [9.17, 15) is 14.4 Å². The highest BCUT2D eigenvalue weighted by Crippen LogP contribution is 2.18. The van der Waals surface area contributed by atoms with Gasteiger partial charge in [-0.1, -0.05) is 44.2 Å². The highest BCUT2D eigenvalue weighted by Gasteiger charge is 2.39. The van der Waals surface area contributed by atoms with Crippen molar-refractivity contribution in [3.63, 3.8) is 0 Å². The lowest BCUT2D eigenvalue weighted by Gasteiger charge is -2.28. The lowest BCUT2D eigenvalue weighted by atomic mass is 10.0. The molecule has 0 unspecified atom stereocenters. The molecule has 0 aliphatic carbocycles. The molecule has 7 heteroatoms. The van der Waals surface area contributed by atoms with Gasteiger partial charge in [-0.15, -0.1) is 0 Å². The molecule has 2 atom stereocenters. The SMILES string of the molecule is CC(C)[C@@H](C(N)=O)N1CN(C(=O)[C@@H](N)Cc2ccccc2)CC1=O. The summed E-state index contributed by atoms with van der Waals surface area (Å²) in [5.41, 5.74) is 12.4. The van der Waals surface area contributed by atoms with Gasteiger partial charge >= 0.3 is 0 Å². The number of carbonyl (C=O) groups excluding carboxylic acids is 3. The topological polar surface area (TPSA) is 110 Å². The fourth-order valence-corrected chi connectivity index (χ4v) is 2.99. The second-order valence-electron chi connectivity index (χ2n) is 6.43. The van der Waals surface area contributed by atoms with Gasteiger partial charge in [0, 0.05) is 0 Å². The number of nitrogens with two attached hydrogens (primary N) is 2. The summed E-state index contributed by atoms with van der Waals surface area (Å²) in [7, 11) is 0. The number of hydrogen-bond acceptors (Lipinski definition) is 4. The Morgan fingerprint density at radius 2 is 1.83 bits per heavy atom. The number of hydrogen-bond donors (Lipinski definition) is 2. The van der Waals surface area contributed by atoms with Crippen molar-refractivity contribution in [3.05, 3.63) is 35.9 Å². The molecule has 130 valence electrons. The molecule has 24 heavy (non-hydrogen) atoms. The van der Waals surface area contributed by atoms with Crippen LogP contribution in [0.15, 0.2) is 30.3 Å². The highest BCUT2D eigenvalue weighted by atomic mass is 16.2. The zero-order chi connectivity index (χ0) is 17.9. The van der Waals surface area contributed by atoms with E-state index in [0.717, 1.165) is 5.56 Å². The molecule has 7 nitrogen and oxygen atoms in total. The molecule has 2 rings (SSSR count). The van der Waals surface area contributed by atoms with Crippen molar-refractivity contribution in [2.75, 3.05) is 13.2 Å². The van der Waals surface area contributed by atoms with Crippen LogP contribution in [0.25, 0.3) is 0 Å². The van der Waals surface area contributed by atoms with Gasteiger partial charge in [0.1, 0.15) is 12.6 Å². The maximum atomic E-state index is 12.5. The Labute approximate surface area is 141 Å². The quantitative estimate of drug-likeness (QED) is 0.745. The van der Waals surface area contributed by atoms with Crippen molar-refractivity contribution in [1.82, 2.24) is 9.80 Å². The molecule has 1 heterocycles. The molecule has 3 amide bonds. The number of primary amides is 1. The highest BCUT2D eigenvalue weighted by molar-refractivity contribution is 5.93. The van der Waals surface area contributed by atoms with Gasteiger partial charge in [0.15, 0.2) is 0 Å². The van der Waals surface area contributed by atoms with Crippen molar-refractivity contribution >= 4 is 17.7 Å². The standard InChI is InChI=1S/C17H24N4O3/c1-11(2)15(16(19)23)21-10-20(9-14(21)22)17(24)13(18)8-12-6-4-3-5-7-12/h3-7,11,13,15H,8-10,18H2,1-2H3,(H2,19,23)/t13-,15-/m0/s1. The Balaban J connectivity index is 2.04. The fourth-order valence-electron chi connectivity index (χ4n) is 2.99. The van der Waals surface area contributed by atoms with E-state index >= 15 is 0 Å². The number of nitrogens with zero attached hydrogens (tertiary/aromatic N) is 2. The molecule has 1 aromatic rings.